The minimum atomic E-state index is -4.31. The third-order valence-corrected chi connectivity index (χ3v) is 3.59. The predicted molar refractivity (Wildman–Crippen MR) is 82.4 cm³/mol. The number of benzene rings is 2. The standard InChI is InChI=1S/C16H15BrF3N/c1-11(9-12-5-7-14(17)8-6-12)21-15-4-2-3-13(10-15)16(18,19)20/h2-8,10-11,21H,9H2,1H3. The van der Waals surface area contributed by atoms with E-state index in [2.05, 4.69) is 21.2 Å². The zero-order valence-electron chi connectivity index (χ0n) is 11.4. The van der Waals surface area contributed by atoms with Gasteiger partial charge < -0.3 is 5.32 Å². The van der Waals surface area contributed by atoms with Crippen LogP contribution in [-0.4, -0.2) is 6.04 Å². The lowest BCUT2D eigenvalue weighted by atomic mass is 10.1. The van der Waals surface area contributed by atoms with E-state index in [1.54, 1.807) is 6.07 Å². The molecule has 1 unspecified atom stereocenters. The molecule has 0 radical (unpaired) electrons. The van der Waals surface area contributed by atoms with Gasteiger partial charge in [0.2, 0.25) is 0 Å². The van der Waals surface area contributed by atoms with Crippen molar-refractivity contribution in [2.24, 2.45) is 0 Å². The molecule has 0 aliphatic rings. The second-order valence-corrected chi connectivity index (χ2v) is 5.87. The van der Waals surface area contributed by atoms with Gasteiger partial charge in [0.15, 0.2) is 0 Å². The van der Waals surface area contributed by atoms with E-state index in [1.165, 1.54) is 6.07 Å². The summed E-state index contributed by atoms with van der Waals surface area (Å²) in [5.74, 6) is 0. The smallest absolute Gasteiger partial charge is 0.382 e. The van der Waals surface area contributed by atoms with Crippen molar-refractivity contribution in [1.82, 2.24) is 0 Å². The van der Waals surface area contributed by atoms with Crippen LogP contribution in [0.1, 0.15) is 18.1 Å². The van der Waals surface area contributed by atoms with Gasteiger partial charge >= 0.3 is 6.18 Å². The number of halogens is 4. The highest BCUT2D eigenvalue weighted by molar-refractivity contribution is 9.10. The molecule has 0 heterocycles. The number of anilines is 1. The van der Waals surface area contributed by atoms with Crippen LogP contribution in [0.25, 0.3) is 0 Å². The molecule has 2 aromatic carbocycles. The van der Waals surface area contributed by atoms with Gasteiger partial charge in [-0.1, -0.05) is 34.1 Å². The topological polar surface area (TPSA) is 12.0 Å². The van der Waals surface area contributed by atoms with Crippen LogP contribution < -0.4 is 5.32 Å². The van der Waals surface area contributed by atoms with Gasteiger partial charge in [-0.25, -0.2) is 0 Å². The van der Waals surface area contributed by atoms with Gasteiger partial charge in [-0.15, -0.1) is 0 Å². The van der Waals surface area contributed by atoms with Crippen LogP contribution in [0.5, 0.6) is 0 Å². The van der Waals surface area contributed by atoms with Gasteiger partial charge in [0.1, 0.15) is 0 Å². The molecule has 1 N–H and O–H groups in total. The monoisotopic (exact) mass is 357 g/mol. The highest BCUT2D eigenvalue weighted by Crippen LogP contribution is 2.30. The Bertz CT molecular complexity index is 593. The maximum atomic E-state index is 12.7. The van der Waals surface area contributed by atoms with E-state index in [1.807, 2.05) is 31.2 Å². The summed E-state index contributed by atoms with van der Waals surface area (Å²) in [5.41, 5.74) is 0.975. The van der Waals surface area contributed by atoms with Crippen molar-refractivity contribution < 1.29 is 13.2 Å². The van der Waals surface area contributed by atoms with Crippen molar-refractivity contribution in [2.45, 2.75) is 25.6 Å². The summed E-state index contributed by atoms with van der Waals surface area (Å²) in [6.45, 7) is 1.95. The average Bonchev–Trinajstić information content (AvgIpc) is 2.41. The lowest BCUT2D eigenvalue weighted by Crippen LogP contribution is -2.18. The van der Waals surface area contributed by atoms with E-state index in [0.717, 1.165) is 28.6 Å². The maximum Gasteiger partial charge on any atom is 0.416 e. The first-order valence-electron chi connectivity index (χ1n) is 6.53. The van der Waals surface area contributed by atoms with Crippen molar-refractivity contribution in [3.8, 4) is 0 Å². The lowest BCUT2D eigenvalue weighted by Gasteiger charge is -2.17. The van der Waals surface area contributed by atoms with E-state index in [4.69, 9.17) is 0 Å². The number of rotatable bonds is 4. The van der Waals surface area contributed by atoms with Crippen molar-refractivity contribution in [3.63, 3.8) is 0 Å². The quantitative estimate of drug-likeness (QED) is 0.760. The minimum absolute atomic E-state index is 0.0367. The van der Waals surface area contributed by atoms with Crippen LogP contribution in [0.15, 0.2) is 53.0 Å². The number of hydrogen-bond acceptors (Lipinski definition) is 1. The summed E-state index contributed by atoms with van der Waals surface area (Å²) in [5, 5.41) is 3.11. The third kappa shape index (κ3) is 4.77. The molecule has 1 nitrogen and oxygen atoms in total. The molecule has 0 spiro atoms. The third-order valence-electron chi connectivity index (χ3n) is 3.06. The fraction of sp³-hybridized carbons (Fsp3) is 0.250. The number of nitrogens with one attached hydrogen (secondary N) is 1. The fourth-order valence-corrected chi connectivity index (χ4v) is 2.36. The van der Waals surface area contributed by atoms with Crippen molar-refractivity contribution in [1.29, 1.82) is 0 Å². The Kier molecular flexibility index (Phi) is 4.93. The van der Waals surface area contributed by atoms with Crippen LogP contribution in [-0.2, 0) is 12.6 Å². The molecular weight excluding hydrogens is 343 g/mol. The summed E-state index contributed by atoms with van der Waals surface area (Å²) < 4.78 is 39.0. The van der Waals surface area contributed by atoms with E-state index >= 15 is 0 Å². The predicted octanol–water partition coefficient (Wildman–Crippen LogP) is 5.51. The number of hydrogen-bond donors (Lipinski definition) is 1. The molecule has 1 atom stereocenters. The SMILES string of the molecule is CC(Cc1ccc(Br)cc1)Nc1cccc(C(F)(F)F)c1. The van der Waals surface area contributed by atoms with E-state index in [0.29, 0.717) is 5.69 Å². The maximum absolute atomic E-state index is 12.7. The molecule has 2 rings (SSSR count). The lowest BCUT2D eigenvalue weighted by molar-refractivity contribution is -0.137. The number of alkyl halides is 3. The zero-order valence-corrected chi connectivity index (χ0v) is 13.0. The molecule has 0 aliphatic heterocycles. The molecule has 0 fully saturated rings. The molecule has 0 saturated carbocycles. The normalized spacial score (nSPS) is 13.0. The van der Waals surface area contributed by atoms with Crippen LogP contribution in [0.3, 0.4) is 0 Å². The molecule has 0 aliphatic carbocycles. The Morgan fingerprint density at radius 3 is 2.38 bits per heavy atom. The highest BCUT2D eigenvalue weighted by atomic mass is 79.9. The summed E-state index contributed by atoms with van der Waals surface area (Å²) in [6, 6.07) is 13.2. The van der Waals surface area contributed by atoms with Crippen molar-refractivity contribution in [2.75, 3.05) is 5.32 Å². The Morgan fingerprint density at radius 1 is 1.10 bits per heavy atom. The van der Waals surface area contributed by atoms with Gasteiger partial charge in [0.05, 0.1) is 5.56 Å². The largest absolute Gasteiger partial charge is 0.416 e. The van der Waals surface area contributed by atoms with Crippen molar-refractivity contribution >= 4 is 21.6 Å². The van der Waals surface area contributed by atoms with Crippen LogP contribution in [0, 0.1) is 0 Å². The van der Waals surface area contributed by atoms with Gasteiger partial charge in [0.25, 0.3) is 0 Å². The van der Waals surface area contributed by atoms with E-state index < -0.39 is 11.7 Å². The molecular formula is C16H15BrF3N. The zero-order chi connectivity index (χ0) is 15.5. The second-order valence-electron chi connectivity index (χ2n) is 4.95. The van der Waals surface area contributed by atoms with Gasteiger partial charge in [-0.3, -0.25) is 0 Å². The summed E-state index contributed by atoms with van der Waals surface area (Å²) in [4.78, 5) is 0. The first kappa shape index (κ1) is 15.9. The Labute approximate surface area is 130 Å². The highest BCUT2D eigenvalue weighted by Gasteiger charge is 2.30. The van der Waals surface area contributed by atoms with Crippen LogP contribution in [0.4, 0.5) is 18.9 Å². The molecule has 0 aromatic heterocycles. The summed E-state index contributed by atoms with van der Waals surface area (Å²) >= 11 is 3.37. The van der Waals surface area contributed by atoms with Crippen LogP contribution >= 0.6 is 15.9 Å². The van der Waals surface area contributed by atoms with Crippen LogP contribution in [0.2, 0.25) is 0 Å². The Morgan fingerprint density at radius 2 is 1.76 bits per heavy atom. The Balaban J connectivity index is 2.02. The molecule has 112 valence electrons. The van der Waals surface area contributed by atoms with Gasteiger partial charge in [-0.2, -0.15) is 13.2 Å². The molecule has 5 heteroatoms. The molecule has 0 amide bonds. The summed E-state index contributed by atoms with van der Waals surface area (Å²) in [6.07, 6.45) is -3.57. The average molecular weight is 358 g/mol. The van der Waals surface area contributed by atoms with Gasteiger partial charge in [0, 0.05) is 16.2 Å². The Hall–Kier alpha value is -1.49. The fourth-order valence-electron chi connectivity index (χ4n) is 2.09. The minimum Gasteiger partial charge on any atom is -0.382 e. The summed E-state index contributed by atoms with van der Waals surface area (Å²) in [7, 11) is 0. The van der Waals surface area contributed by atoms with E-state index in [9.17, 15) is 13.2 Å². The van der Waals surface area contributed by atoms with E-state index in [-0.39, 0.29) is 6.04 Å². The molecule has 0 bridgehead atoms. The second kappa shape index (κ2) is 6.52. The molecule has 2 aromatic rings. The van der Waals surface area contributed by atoms with Gasteiger partial charge in [-0.05, 0) is 49.2 Å². The first-order chi connectivity index (χ1) is 9.84. The van der Waals surface area contributed by atoms with Crippen molar-refractivity contribution in [3.05, 3.63) is 64.1 Å². The first-order valence-corrected chi connectivity index (χ1v) is 7.32. The molecule has 0 saturated heterocycles. The molecule has 21 heavy (non-hydrogen) atoms.